The molecule has 0 N–H and O–H groups in total. The summed E-state index contributed by atoms with van der Waals surface area (Å²) in [6.07, 6.45) is -2.45. The van der Waals surface area contributed by atoms with E-state index in [9.17, 15) is 13.2 Å². The number of alkyl halides is 3. The van der Waals surface area contributed by atoms with Crippen LogP contribution in [0.2, 0.25) is 0 Å². The van der Waals surface area contributed by atoms with E-state index in [0.717, 1.165) is 5.56 Å². The van der Waals surface area contributed by atoms with Crippen LogP contribution in [0.1, 0.15) is 25.0 Å². The molecule has 0 radical (unpaired) electrons. The molecule has 94 valence electrons. The first-order chi connectivity index (χ1) is 7.80. The molecular formula is C13H15F3O. The van der Waals surface area contributed by atoms with Crippen LogP contribution in [0.25, 0.3) is 6.08 Å². The average Bonchev–Trinajstić information content (AvgIpc) is 2.13. The molecule has 1 nitrogen and oxygen atoms in total. The molecule has 17 heavy (non-hydrogen) atoms. The normalized spacial score (nSPS) is 11.6. The van der Waals surface area contributed by atoms with Gasteiger partial charge in [0.25, 0.3) is 0 Å². The van der Waals surface area contributed by atoms with Crippen molar-refractivity contribution >= 4 is 6.08 Å². The van der Waals surface area contributed by atoms with Gasteiger partial charge in [-0.2, -0.15) is 0 Å². The lowest BCUT2D eigenvalue weighted by atomic mass is 10.0. The number of hydrogen-bond donors (Lipinski definition) is 0. The summed E-state index contributed by atoms with van der Waals surface area (Å²) < 4.78 is 40.3. The Bertz CT molecular complexity index is 394. The number of ether oxygens (including phenoxy) is 1. The van der Waals surface area contributed by atoms with E-state index in [-0.39, 0.29) is 5.75 Å². The maximum absolute atomic E-state index is 12.1. The van der Waals surface area contributed by atoms with Gasteiger partial charge in [0.05, 0.1) is 0 Å². The van der Waals surface area contributed by atoms with E-state index < -0.39 is 6.36 Å². The summed E-state index contributed by atoms with van der Waals surface area (Å²) in [5.41, 5.74) is 1.44. The second-order valence-corrected chi connectivity index (χ2v) is 4.26. The highest BCUT2D eigenvalue weighted by molar-refractivity contribution is 5.51. The molecule has 0 aromatic heterocycles. The van der Waals surface area contributed by atoms with Gasteiger partial charge >= 0.3 is 6.36 Å². The van der Waals surface area contributed by atoms with Crippen molar-refractivity contribution in [3.8, 4) is 5.75 Å². The predicted octanol–water partition coefficient (Wildman–Crippen LogP) is 4.43. The van der Waals surface area contributed by atoms with Crippen molar-refractivity contribution in [2.45, 2.75) is 26.6 Å². The van der Waals surface area contributed by atoms with Gasteiger partial charge in [-0.25, -0.2) is 0 Å². The smallest absolute Gasteiger partial charge is 0.406 e. The van der Waals surface area contributed by atoms with Crippen LogP contribution in [0.4, 0.5) is 13.2 Å². The summed E-state index contributed by atoms with van der Waals surface area (Å²) >= 11 is 0. The van der Waals surface area contributed by atoms with Crippen molar-refractivity contribution in [2.24, 2.45) is 5.92 Å². The molecule has 0 heterocycles. The largest absolute Gasteiger partial charge is 0.573 e. The third-order valence-electron chi connectivity index (χ3n) is 2.10. The lowest BCUT2D eigenvalue weighted by Crippen LogP contribution is -2.17. The Kier molecular flexibility index (Phi) is 4.21. The molecular weight excluding hydrogens is 229 g/mol. The van der Waals surface area contributed by atoms with Gasteiger partial charge in [0.1, 0.15) is 5.75 Å². The zero-order chi connectivity index (χ0) is 13.1. The second kappa shape index (κ2) is 5.25. The van der Waals surface area contributed by atoms with Crippen LogP contribution in [0.15, 0.2) is 24.8 Å². The summed E-state index contributed by atoms with van der Waals surface area (Å²) in [5, 5.41) is 0. The van der Waals surface area contributed by atoms with Crippen LogP contribution in [0.3, 0.4) is 0 Å². The van der Waals surface area contributed by atoms with E-state index in [1.54, 1.807) is 0 Å². The highest BCUT2D eigenvalue weighted by Crippen LogP contribution is 2.26. The number of benzene rings is 1. The van der Waals surface area contributed by atoms with Crippen molar-refractivity contribution in [1.82, 2.24) is 0 Å². The molecule has 0 aliphatic carbocycles. The number of hydrogen-bond acceptors (Lipinski definition) is 1. The highest BCUT2D eigenvalue weighted by Gasteiger charge is 2.31. The Labute approximate surface area is 98.9 Å². The molecule has 0 atom stereocenters. The molecule has 1 aromatic carbocycles. The van der Waals surface area contributed by atoms with Crippen LogP contribution in [0, 0.1) is 5.92 Å². The van der Waals surface area contributed by atoms with Crippen LogP contribution in [-0.2, 0) is 6.42 Å². The Morgan fingerprint density at radius 3 is 2.41 bits per heavy atom. The fourth-order valence-electron chi connectivity index (χ4n) is 1.59. The molecule has 1 rings (SSSR count). The lowest BCUT2D eigenvalue weighted by Gasteiger charge is -2.12. The standard InChI is InChI=1S/C13H15F3O/c1-4-10-6-11(5-9(2)3)8-12(7-10)17-13(14,15)16/h4,6-9H,1,5H2,2-3H3. The van der Waals surface area contributed by atoms with Crippen molar-refractivity contribution in [3.05, 3.63) is 35.9 Å². The van der Waals surface area contributed by atoms with Gasteiger partial charge in [-0.05, 0) is 35.6 Å². The van der Waals surface area contributed by atoms with Gasteiger partial charge in [-0.1, -0.05) is 32.6 Å². The number of rotatable bonds is 4. The van der Waals surface area contributed by atoms with Gasteiger partial charge < -0.3 is 4.74 Å². The molecule has 0 aliphatic rings. The summed E-state index contributed by atoms with van der Waals surface area (Å²) in [6.45, 7) is 7.56. The Morgan fingerprint density at radius 1 is 1.29 bits per heavy atom. The third kappa shape index (κ3) is 4.93. The SMILES string of the molecule is C=Cc1cc(CC(C)C)cc(OC(F)(F)F)c1. The van der Waals surface area contributed by atoms with Gasteiger partial charge in [-0.3, -0.25) is 0 Å². The summed E-state index contributed by atoms with van der Waals surface area (Å²) in [5.74, 6) is 0.180. The second-order valence-electron chi connectivity index (χ2n) is 4.26. The monoisotopic (exact) mass is 244 g/mol. The van der Waals surface area contributed by atoms with E-state index in [1.807, 2.05) is 19.9 Å². The van der Waals surface area contributed by atoms with Crippen molar-refractivity contribution in [3.63, 3.8) is 0 Å². The zero-order valence-corrected chi connectivity index (χ0v) is 9.84. The van der Waals surface area contributed by atoms with Crippen molar-refractivity contribution < 1.29 is 17.9 Å². The lowest BCUT2D eigenvalue weighted by molar-refractivity contribution is -0.274. The van der Waals surface area contributed by atoms with Crippen molar-refractivity contribution in [1.29, 1.82) is 0 Å². The Hall–Kier alpha value is -1.45. The maximum Gasteiger partial charge on any atom is 0.573 e. The molecule has 1 aromatic rings. The van der Waals surface area contributed by atoms with Crippen LogP contribution in [0.5, 0.6) is 5.75 Å². The first-order valence-corrected chi connectivity index (χ1v) is 5.32. The van der Waals surface area contributed by atoms with Gasteiger partial charge in [-0.15, -0.1) is 13.2 Å². The van der Waals surface area contributed by atoms with E-state index in [0.29, 0.717) is 17.9 Å². The number of halogens is 3. The van der Waals surface area contributed by atoms with Crippen LogP contribution >= 0.6 is 0 Å². The predicted molar refractivity (Wildman–Crippen MR) is 61.8 cm³/mol. The molecule has 0 bridgehead atoms. The Balaban J connectivity index is 3.01. The minimum Gasteiger partial charge on any atom is -0.406 e. The zero-order valence-electron chi connectivity index (χ0n) is 9.84. The first-order valence-electron chi connectivity index (χ1n) is 5.32. The topological polar surface area (TPSA) is 9.23 Å². The van der Waals surface area contributed by atoms with Crippen molar-refractivity contribution in [2.75, 3.05) is 0 Å². The van der Waals surface area contributed by atoms with E-state index in [1.165, 1.54) is 18.2 Å². The Morgan fingerprint density at radius 2 is 1.94 bits per heavy atom. The average molecular weight is 244 g/mol. The maximum atomic E-state index is 12.1. The molecule has 4 heteroatoms. The fraction of sp³-hybridized carbons (Fsp3) is 0.385. The molecule has 0 unspecified atom stereocenters. The minimum absolute atomic E-state index is 0.189. The summed E-state index contributed by atoms with van der Waals surface area (Å²) in [6, 6.07) is 4.56. The molecule has 0 spiro atoms. The third-order valence-corrected chi connectivity index (χ3v) is 2.10. The van der Waals surface area contributed by atoms with Crippen LogP contribution < -0.4 is 4.74 Å². The van der Waals surface area contributed by atoms with Gasteiger partial charge in [0.2, 0.25) is 0 Å². The quantitative estimate of drug-likeness (QED) is 0.761. The van der Waals surface area contributed by atoms with E-state index in [2.05, 4.69) is 11.3 Å². The van der Waals surface area contributed by atoms with E-state index in [4.69, 9.17) is 0 Å². The molecule has 0 aliphatic heterocycles. The summed E-state index contributed by atoms with van der Waals surface area (Å²) in [4.78, 5) is 0. The van der Waals surface area contributed by atoms with Crippen LogP contribution in [-0.4, -0.2) is 6.36 Å². The van der Waals surface area contributed by atoms with Gasteiger partial charge in [0, 0.05) is 0 Å². The van der Waals surface area contributed by atoms with Gasteiger partial charge in [0.15, 0.2) is 0 Å². The fourth-order valence-corrected chi connectivity index (χ4v) is 1.59. The summed E-state index contributed by atoms with van der Waals surface area (Å²) in [7, 11) is 0. The molecule has 0 saturated heterocycles. The highest BCUT2D eigenvalue weighted by atomic mass is 19.4. The molecule has 0 amide bonds. The molecule has 0 saturated carbocycles. The van der Waals surface area contributed by atoms with E-state index >= 15 is 0 Å². The molecule has 0 fully saturated rings. The minimum atomic E-state index is -4.66. The first kappa shape index (κ1) is 13.6.